The number of carbonyl (C=O) groups is 1. The number of carbonyl (C=O) groups excluding carboxylic acids is 1. The van der Waals surface area contributed by atoms with Gasteiger partial charge in [-0.15, -0.1) is 0 Å². The summed E-state index contributed by atoms with van der Waals surface area (Å²) in [5, 5.41) is 3.10. The number of aromatic nitrogens is 1. The number of thiazole rings is 1. The average molecular weight is 432 g/mol. The molecule has 0 atom stereocenters. The topological polar surface area (TPSA) is 36.4 Å². The third-order valence-electron chi connectivity index (χ3n) is 5.82. The van der Waals surface area contributed by atoms with E-state index in [1.807, 2.05) is 29.2 Å². The third kappa shape index (κ3) is 4.78. The van der Waals surface area contributed by atoms with Crippen molar-refractivity contribution in [2.45, 2.75) is 27.2 Å². The molecule has 0 aliphatic rings. The zero-order valence-corrected chi connectivity index (χ0v) is 19.3. The van der Waals surface area contributed by atoms with Gasteiger partial charge in [0.1, 0.15) is 0 Å². The molecule has 0 unspecified atom stereocenters. The number of hydrogen-bond acceptors (Lipinski definition) is 4. The number of hydrogen-bond donors (Lipinski definition) is 0. The van der Waals surface area contributed by atoms with Crippen molar-refractivity contribution in [2.75, 3.05) is 31.1 Å². The summed E-state index contributed by atoms with van der Waals surface area (Å²) < 4.78 is 1.13. The van der Waals surface area contributed by atoms with Crippen LogP contribution < -0.4 is 4.90 Å². The van der Waals surface area contributed by atoms with Crippen molar-refractivity contribution in [1.82, 2.24) is 9.88 Å². The SMILES string of the molecule is CCN(CC)CCN(C(=O)Cc1cccc2ccccc12)c1nc2ccc(C)cc2s1. The van der Waals surface area contributed by atoms with Crippen LogP contribution in [0.4, 0.5) is 5.13 Å². The smallest absolute Gasteiger partial charge is 0.233 e. The van der Waals surface area contributed by atoms with Gasteiger partial charge in [-0.25, -0.2) is 4.98 Å². The van der Waals surface area contributed by atoms with Crippen molar-refractivity contribution in [3.05, 3.63) is 71.8 Å². The highest BCUT2D eigenvalue weighted by atomic mass is 32.1. The lowest BCUT2D eigenvalue weighted by molar-refractivity contribution is -0.118. The Balaban J connectivity index is 1.66. The standard InChI is InChI=1S/C26H29N3OS/c1-4-28(5-2)15-16-29(26-27-23-14-13-19(3)17-24(23)31-26)25(30)18-21-11-8-10-20-9-6-7-12-22(20)21/h6-14,17H,4-5,15-16,18H2,1-3H3. The van der Waals surface area contributed by atoms with Gasteiger partial charge in [-0.3, -0.25) is 9.69 Å². The predicted molar refractivity (Wildman–Crippen MR) is 132 cm³/mol. The van der Waals surface area contributed by atoms with Crippen LogP contribution >= 0.6 is 11.3 Å². The van der Waals surface area contributed by atoms with Gasteiger partial charge in [0.2, 0.25) is 5.91 Å². The number of fused-ring (bicyclic) bond motifs is 2. The third-order valence-corrected chi connectivity index (χ3v) is 6.86. The van der Waals surface area contributed by atoms with Crippen LogP contribution in [-0.4, -0.2) is 42.0 Å². The molecular weight excluding hydrogens is 402 g/mol. The molecule has 31 heavy (non-hydrogen) atoms. The van der Waals surface area contributed by atoms with Crippen molar-refractivity contribution < 1.29 is 4.79 Å². The Kier molecular flexibility index (Phi) is 6.64. The molecule has 1 amide bonds. The first-order valence-electron chi connectivity index (χ1n) is 11.0. The fourth-order valence-electron chi connectivity index (χ4n) is 3.95. The Morgan fingerprint density at radius 3 is 2.55 bits per heavy atom. The zero-order valence-electron chi connectivity index (χ0n) is 18.5. The molecule has 5 heteroatoms. The van der Waals surface area contributed by atoms with Gasteiger partial charge in [-0.1, -0.05) is 73.7 Å². The van der Waals surface area contributed by atoms with E-state index < -0.39 is 0 Å². The van der Waals surface area contributed by atoms with Crippen molar-refractivity contribution in [1.29, 1.82) is 0 Å². The molecule has 0 saturated heterocycles. The molecule has 1 heterocycles. The molecule has 0 aliphatic carbocycles. The van der Waals surface area contributed by atoms with Gasteiger partial charge in [-0.2, -0.15) is 0 Å². The van der Waals surface area contributed by atoms with Gasteiger partial charge in [0.25, 0.3) is 0 Å². The number of amides is 1. The molecule has 3 aromatic carbocycles. The summed E-state index contributed by atoms with van der Waals surface area (Å²) in [4.78, 5) is 22.6. The molecule has 0 saturated carbocycles. The van der Waals surface area contributed by atoms with Gasteiger partial charge in [0, 0.05) is 13.1 Å². The molecule has 0 radical (unpaired) electrons. The van der Waals surface area contributed by atoms with Crippen molar-refractivity contribution in [2.24, 2.45) is 0 Å². The van der Waals surface area contributed by atoms with Gasteiger partial charge in [-0.05, 0) is 54.0 Å². The number of nitrogens with zero attached hydrogens (tertiary/aromatic N) is 3. The molecule has 0 aliphatic heterocycles. The molecule has 4 rings (SSSR count). The summed E-state index contributed by atoms with van der Waals surface area (Å²) in [6.45, 7) is 9.83. The number of aryl methyl sites for hydroxylation is 1. The van der Waals surface area contributed by atoms with Crippen LogP contribution in [-0.2, 0) is 11.2 Å². The van der Waals surface area contributed by atoms with Crippen LogP contribution in [0.25, 0.3) is 21.0 Å². The van der Waals surface area contributed by atoms with Crippen LogP contribution in [0.2, 0.25) is 0 Å². The maximum Gasteiger partial charge on any atom is 0.233 e. The summed E-state index contributed by atoms with van der Waals surface area (Å²) in [5.41, 5.74) is 3.23. The summed E-state index contributed by atoms with van der Waals surface area (Å²) in [5.74, 6) is 0.0966. The van der Waals surface area contributed by atoms with E-state index in [0.717, 1.165) is 51.3 Å². The van der Waals surface area contributed by atoms with E-state index in [2.05, 4.69) is 62.1 Å². The molecule has 0 bridgehead atoms. The van der Waals surface area contributed by atoms with Crippen molar-refractivity contribution >= 4 is 43.4 Å². The quantitative estimate of drug-likeness (QED) is 0.360. The number of benzene rings is 3. The first kappa shape index (κ1) is 21.5. The Morgan fingerprint density at radius 2 is 1.74 bits per heavy atom. The van der Waals surface area contributed by atoms with Crippen LogP contribution in [0.15, 0.2) is 60.7 Å². The minimum atomic E-state index is 0.0966. The van der Waals surface area contributed by atoms with Gasteiger partial charge in [0.15, 0.2) is 5.13 Å². The highest BCUT2D eigenvalue weighted by Gasteiger charge is 2.21. The minimum absolute atomic E-state index is 0.0966. The van der Waals surface area contributed by atoms with Crippen molar-refractivity contribution in [3.63, 3.8) is 0 Å². The van der Waals surface area contributed by atoms with E-state index >= 15 is 0 Å². The molecule has 0 fully saturated rings. The van der Waals surface area contributed by atoms with Gasteiger partial charge in [0.05, 0.1) is 16.6 Å². The van der Waals surface area contributed by atoms with E-state index in [0.29, 0.717) is 13.0 Å². The Labute approximate surface area is 188 Å². The lowest BCUT2D eigenvalue weighted by Crippen LogP contribution is -2.39. The van der Waals surface area contributed by atoms with Crippen LogP contribution in [0.1, 0.15) is 25.0 Å². The number of likely N-dealkylation sites (N-methyl/N-ethyl adjacent to an activating group) is 1. The minimum Gasteiger partial charge on any atom is -0.302 e. The molecular formula is C26H29N3OS. The monoisotopic (exact) mass is 431 g/mol. The van der Waals surface area contributed by atoms with Gasteiger partial charge < -0.3 is 4.90 Å². The lowest BCUT2D eigenvalue weighted by atomic mass is 10.0. The highest BCUT2D eigenvalue weighted by Crippen LogP contribution is 2.30. The van der Waals surface area contributed by atoms with Crippen LogP contribution in [0.3, 0.4) is 0 Å². The highest BCUT2D eigenvalue weighted by molar-refractivity contribution is 7.22. The van der Waals surface area contributed by atoms with Crippen LogP contribution in [0, 0.1) is 6.92 Å². The summed E-state index contributed by atoms with van der Waals surface area (Å²) >= 11 is 1.60. The molecule has 0 spiro atoms. The zero-order chi connectivity index (χ0) is 21.8. The fraction of sp³-hybridized carbons (Fsp3) is 0.308. The molecule has 4 aromatic rings. The first-order chi connectivity index (χ1) is 15.1. The normalized spacial score (nSPS) is 11.5. The molecule has 1 aromatic heterocycles. The van der Waals surface area contributed by atoms with Crippen molar-refractivity contribution in [3.8, 4) is 0 Å². The maximum atomic E-state index is 13.6. The summed E-state index contributed by atoms with van der Waals surface area (Å²) in [6, 6.07) is 20.7. The predicted octanol–water partition coefficient (Wildman–Crippen LogP) is 5.68. The molecule has 160 valence electrons. The Bertz CT molecular complexity index is 1190. The Hall–Kier alpha value is -2.76. The summed E-state index contributed by atoms with van der Waals surface area (Å²) in [7, 11) is 0. The maximum absolute atomic E-state index is 13.6. The van der Waals surface area contributed by atoms with E-state index in [1.54, 1.807) is 11.3 Å². The van der Waals surface area contributed by atoms with Crippen LogP contribution in [0.5, 0.6) is 0 Å². The second-order valence-electron chi connectivity index (χ2n) is 7.85. The molecule has 0 N–H and O–H groups in total. The second-order valence-corrected chi connectivity index (χ2v) is 8.86. The second kappa shape index (κ2) is 9.58. The summed E-state index contributed by atoms with van der Waals surface area (Å²) in [6.07, 6.45) is 0.370. The van der Waals surface area contributed by atoms with Gasteiger partial charge >= 0.3 is 0 Å². The van der Waals surface area contributed by atoms with E-state index in [-0.39, 0.29) is 5.91 Å². The van der Waals surface area contributed by atoms with E-state index in [1.165, 1.54) is 5.56 Å². The van der Waals surface area contributed by atoms with E-state index in [4.69, 9.17) is 4.98 Å². The number of rotatable bonds is 8. The number of anilines is 1. The largest absolute Gasteiger partial charge is 0.302 e. The molecule has 4 nitrogen and oxygen atoms in total. The van der Waals surface area contributed by atoms with E-state index in [9.17, 15) is 4.79 Å². The fourth-order valence-corrected chi connectivity index (χ4v) is 5.06. The lowest BCUT2D eigenvalue weighted by Gasteiger charge is -2.25. The Morgan fingerprint density at radius 1 is 0.968 bits per heavy atom. The average Bonchev–Trinajstić information content (AvgIpc) is 3.19. The first-order valence-corrected chi connectivity index (χ1v) is 11.8.